The summed E-state index contributed by atoms with van der Waals surface area (Å²) in [6.45, 7) is 6.87. The SMILES string of the molecule is CSCC(=O)NC1CCCCC1C(C)(C)C. The Morgan fingerprint density at radius 2 is 1.94 bits per heavy atom. The zero-order chi connectivity index (χ0) is 12.2. The number of nitrogens with one attached hydrogen (secondary N) is 1. The van der Waals surface area contributed by atoms with Crippen LogP contribution in [-0.4, -0.2) is 24.0 Å². The van der Waals surface area contributed by atoms with E-state index in [1.54, 1.807) is 11.8 Å². The van der Waals surface area contributed by atoms with Crippen LogP contribution in [0.25, 0.3) is 0 Å². The molecule has 1 saturated carbocycles. The molecule has 0 bridgehead atoms. The summed E-state index contributed by atoms with van der Waals surface area (Å²) >= 11 is 1.59. The summed E-state index contributed by atoms with van der Waals surface area (Å²) in [7, 11) is 0. The van der Waals surface area contributed by atoms with E-state index in [2.05, 4.69) is 26.1 Å². The molecule has 0 radical (unpaired) electrons. The minimum atomic E-state index is 0.202. The van der Waals surface area contributed by atoms with Crippen LogP contribution in [0.1, 0.15) is 46.5 Å². The Kier molecular flexibility index (Phi) is 5.16. The minimum Gasteiger partial charge on any atom is -0.352 e. The molecular formula is C13H25NOS. The Labute approximate surface area is 104 Å². The van der Waals surface area contributed by atoms with Crippen molar-refractivity contribution in [2.45, 2.75) is 52.5 Å². The van der Waals surface area contributed by atoms with Crippen LogP contribution >= 0.6 is 11.8 Å². The van der Waals surface area contributed by atoms with Gasteiger partial charge in [0, 0.05) is 6.04 Å². The molecule has 0 saturated heterocycles. The Hall–Kier alpha value is -0.180. The fourth-order valence-corrected chi connectivity index (χ4v) is 3.07. The van der Waals surface area contributed by atoms with Crippen molar-refractivity contribution < 1.29 is 4.79 Å². The average molecular weight is 243 g/mol. The number of carbonyl (C=O) groups is 1. The number of hydrogen-bond acceptors (Lipinski definition) is 2. The molecule has 1 fully saturated rings. The quantitative estimate of drug-likeness (QED) is 0.825. The third-order valence-corrected chi connectivity index (χ3v) is 4.05. The maximum absolute atomic E-state index is 11.7. The molecule has 2 atom stereocenters. The normalized spacial score (nSPS) is 26.5. The number of rotatable bonds is 3. The molecule has 0 heterocycles. The second kappa shape index (κ2) is 5.95. The maximum Gasteiger partial charge on any atom is 0.230 e. The van der Waals surface area contributed by atoms with Gasteiger partial charge in [-0.15, -0.1) is 0 Å². The summed E-state index contributed by atoms with van der Waals surface area (Å²) in [5.74, 6) is 1.42. The molecule has 0 aliphatic heterocycles. The third-order valence-electron chi connectivity index (χ3n) is 3.50. The van der Waals surface area contributed by atoms with E-state index in [1.807, 2.05) is 6.26 Å². The zero-order valence-electron chi connectivity index (χ0n) is 11.0. The predicted octanol–water partition coefficient (Wildman–Crippen LogP) is 3.07. The van der Waals surface area contributed by atoms with E-state index >= 15 is 0 Å². The lowest BCUT2D eigenvalue weighted by Gasteiger charge is -2.40. The van der Waals surface area contributed by atoms with Crippen molar-refractivity contribution in [2.75, 3.05) is 12.0 Å². The van der Waals surface area contributed by atoms with Crippen molar-refractivity contribution in [3.63, 3.8) is 0 Å². The Balaban J connectivity index is 2.57. The number of amides is 1. The lowest BCUT2D eigenvalue weighted by molar-refractivity contribution is -0.120. The average Bonchev–Trinajstić information content (AvgIpc) is 2.17. The molecular weight excluding hydrogens is 218 g/mol. The molecule has 1 aliphatic rings. The van der Waals surface area contributed by atoms with Crippen molar-refractivity contribution in [1.82, 2.24) is 5.32 Å². The molecule has 1 amide bonds. The molecule has 94 valence electrons. The van der Waals surface area contributed by atoms with Crippen molar-refractivity contribution in [2.24, 2.45) is 11.3 Å². The Morgan fingerprint density at radius 3 is 2.50 bits per heavy atom. The lowest BCUT2D eigenvalue weighted by Crippen LogP contribution is -2.47. The van der Waals surface area contributed by atoms with Gasteiger partial charge in [0.2, 0.25) is 5.91 Å². The van der Waals surface area contributed by atoms with Gasteiger partial charge in [-0.1, -0.05) is 33.6 Å². The van der Waals surface area contributed by atoms with E-state index in [9.17, 15) is 4.79 Å². The maximum atomic E-state index is 11.7. The molecule has 0 aromatic rings. The summed E-state index contributed by atoms with van der Waals surface area (Å²) in [6, 6.07) is 0.397. The third kappa shape index (κ3) is 4.00. The van der Waals surface area contributed by atoms with Crippen molar-refractivity contribution >= 4 is 17.7 Å². The summed E-state index contributed by atoms with van der Waals surface area (Å²) in [5.41, 5.74) is 0.303. The molecule has 1 N–H and O–H groups in total. The van der Waals surface area contributed by atoms with Crippen molar-refractivity contribution in [3.8, 4) is 0 Å². The smallest absolute Gasteiger partial charge is 0.230 e. The van der Waals surface area contributed by atoms with Crippen molar-refractivity contribution in [3.05, 3.63) is 0 Å². The van der Waals surface area contributed by atoms with E-state index in [1.165, 1.54) is 19.3 Å². The van der Waals surface area contributed by atoms with E-state index in [0.29, 0.717) is 23.1 Å². The van der Waals surface area contributed by atoms with Crippen LogP contribution in [-0.2, 0) is 4.79 Å². The molecule has 2 nitrogen and oxygen atoms in total. The van der Waals surface area contributed by atoms with Crippen LogP contribution in [0.3, 0.4) is 0 Å². The molecule has 16 heavy (non-hydrogen) atoms. The fourth-order valence-electron chi connectivity index (χ4n) is 2.72. The Morgan fingerprint density at radius 1 is 1.31 bits per heavy atom. The highest BCUT2D eigenvalue weighted by molar-refractivity contribution is 7.99. The van der Waals surface area contributed by atoms with Gasteiger partial charge in [-0.25, -0.2) is 0 Å². The first-order chi connectivity index (χ1) is 7.45. The summed E-state index contributed by atoms with van der Waals surface area (Å²) in [5, 5.41) is 3.22. The van der Waals surface area contributed by atoms with E-state index in [0.717, 1.165) is 6.42 Å². The van der Waals surface area contributed by atoms with Gasteiger partial charge in [0.25, 0.3) is 0 Å². The van der Waals surface area contributed by atoms with Gasteiger partial charge in [0.15, 0.2) is 0 Å². The molecule has 0 spiro atoms. The van der Waals surface area contributed by atoms with Gasteiger partial charge in [-0.3, -0.25) is 4.79 Å². The highest BCUT2D eigenvalue weighted by Crippen LogP contribution is 2.37. The highest BCUT2D eigenvalue weighted by atomic mass is 32.2. The largest absolute Gasteiger partial charge is 0.352 e. The summed E-state index contributed by atoms with van der Waals surface area (Å²) in [6.07, 6.45) is 6.96. The van der Waals surface area contributed by atoms with E-state index in [4.69, 9.17) is 0 Å². The van der Waals surface area contributed by atoms with Crippen LogP contribution in [0.4, 0.5) is 0 Å². The Bertz CT molecular complexity index is 235. The topological polar surface area (TPSA) is 29.1 Å². The van der Waals surface area contributed by atoms with Crippen LogP contribution in [0.15, 0.2) is 0 Å². The van der Waals surface area contributed by atoms with Gasteiger partial charge in [0.1, 0.15) is 0 Å². The fraction of sp³-hybridized carbons (Fsp3) is 0.923. The molecule has 2 unspecified atom stereocenters. The second-order valence-corrected chi connectivity index (χ2v) is 6.73. The van der Waals surface area contributed by atoms with Gasteiger partial charge in [-0.05, 0) is 30.4 Å². The minimum absolute atomic E-state index is 0.202. The summed E-state index contributed by atoms with van der Waals surface area (Å²) in [4.78, 5) is 11.7. The monoisotopic (exact) mass is 243 g/mol. The number of hydrogen-bond donors (Lipinski definition) is 1. The molecule has 3 heteroatoms. The predicted molar refractivity (Wildman–Crippen MR) is 71.7 cm³/mol. The van der Waals surface area contributed by atoms with E-state index < -0.39 is 0 Å². The highest BCUT2D eigenvalue weighted by Gasteiger charge is 2.34. The molecule has 0 aromatic carbocycles. The van der Waals surface area contributed by atoms with Gasteiger partial charge in [-0.2, -0.15) is 11.8 Å². The van der Waals surface area contributed by atoms with Crippen LogP contribution in [0.5, 0.6) is 0 Å². The molecule has 1 aliphatic carbocycles. The van der Waals surface area contributed by atoms with Crippen LogP contribution in [0, 0.1) is 11.3 Å². The number of carbonyl (C=O) groups excluding carboxylic acids is 1. The first-order valence-electron chi connectivity index (χ1n) is 6.23. The first-order valence-corrected chi connectivity index (χ1v) is 7.63. The summed E-state index contributed by atoms with van der Waals surface area (Å²) < 4.78 is 0. The van der Waals surface area contributed by atoms with Gasteiger partial charge < -0.3 is 5.32 Å². The van der Waals surface area contributed by atoms with E-state index in [-0.39, 0.29) is 5.91 Å². The second-order valence-electron chi connectivity index (χ2n) is 5.86. The molecule has 1 rings (SSSR count). The van der Waals surface area contributed by atoms with Crippen molar-refractivity contribution in [1.29, 1.82) is 0 Å². The standard InChI is InChI=1S/C13H25NOS/c1-13(2,3)10-7-5-6-8-11(10)14-12(15)9-16-4/h10-11H,5-9H2,1-4H3,(H,14,15). The van der Waals surface area contributed by atoms with Gasteiger partial charge in [0.05, 0.1) is 5.75 Å². The first kappa shape index (κ1) is 13.9. The zero-order valence-corrected chi connectivity index (χ0v) is 11.8. The van der Waals surface area contributed by atoms with Crippen LogP contribution in [0.2, 0.25) is 0 Å². The lowest BCUT2D eigenvalue weighted by atomic mass is 9.69. The van der Waals surface area contributed by atoms with Crippen LogP contribution < -0.4 is 5.32 Å². The van der Waals surface area contributed by atoms with Gasteiger partial charge >= 0.3 is 0 Å². The molecule has 0 aromatic heterocycles. The number of thioether (sulfide) groups is 1.